The summed E-state index contributed by atoms with van der Waals surface area (Å²) in [6.07, 6.45) is 0. The number of ketones is 1. The Hall–Kier alpha value is -2.12. The Bertz CT molecular complexity index is 954. The molecule has 0 saturated heterocycles. The maximum atomic E-state index is 12.5. The molecule has 0 spiro atoms. The molecular formula is C17H15BrN2O4. The van der Waals surface area contributed by atoms with Crippen LogP contribution >= 0.6 is 15.9 Å². The number of rotatable bonds is 1. The fourth-order valence-electron chi connectivity index (χ4n) is 3.30. The standard InChI is InChI=1S/C17H15BrN2O4/c1-8-3-4-9(5-10(8)18)13-14-11(6-23-7-12(14)21)19-16-15(13)17(22)24-20(16)2/h3-5,13,19H,6-7H2,1-2H3. The van der Waals surface area contributed by atoms with Crippen LogP contribution in [0.3, 0.4) is 0 Å². The van der Waals surface area contributed by atoms with E-state index < -0.39 is 11.5 Å². The zero-order chi connectivity index (χ0) is 17.0. The second kappa shape index (κ2) is 5.46. The normalized spacial score (nSPS) is 19.8. The summed E-state index contributed by atoms with van der Waals surface area (Å²) in [5.41, 5.74) is 3.26. The van der Waals surface area contributed by atoms with Gasteiger partial charge >= 0.3 is 5.63 Å². The second-order valence-electron chi connectivity index (χ2n) is 6.01. The zero-order valence-electron chi connectivity index (χ0n) is 13.2. The molecule has 0 saturated carbocycles. The monoisotopic (exact) mass is 390 g/mol. The van der Waals surface area contributed by atoms with Gasteiger partial charge in [0, 0.05) is 17.1 Å². The topological polar surface area (TPSA) is 73.5 Å². The summed E-state index contributed by atoms with van der Waals surface area (Å²) >= 11 is 3.53. The number of nitrogens with zero attached hydrogens (tertiary/aromatic N) is 1. The highest BCUT2D eigenvalue weighted by Crippen LogP contribution is 2.42. The van der Waals surface area contributed by atoms with E-state index in [9.17, 15) is 9.59 Å². The van der Waals surface area contributed by atoms with Crippen molar-refractivity contribution in [3.8, 4) is 0 Å². The summed E-state index contributed by atoms with van der Waals surface area (Å²) in [5, 5.41) is 3.14. The van der Waals surface area contributed by atoms with Crippen molar-refractivity contribution < 1.29 is 14.1 Å². The number of hydrogen-bond donors (Lipinski definition) is 1. The Morgan fingerprint density at radius 2 is 2.08 bits per heavy atom. The van der Waals surface area contributed by atoms with E-state index in [0.717, 1.165) is 15.6 Å². The fourth-order valence-corrected chi connectivity index (χ4v) is 3.70. The van der Waals surface area contributed by atoms with Crippen LogP contribution in [0.1, 0.15) is 22.6 Å². The number of halogens is 1. The van der Waals surface area contributed by atoms with E-state index in [4.69, 9.17) is 9.26 Å². The molecule has 0 amide bonds. The van der Waals surface area contributed by atoms with Gasteiger partial charge in [-0.05, 0) is 24.1 Å². The Labute approximate surface area is 146 Å². The molecule has 2 aliphatic rings. The van der Waals surface area contributed by atoms with Crippen molar-refractivity contribution in [3.63, 3.8) is 0 Å². The summed E-state index contributed by atoms with van der Waals surface area (Å²) in [7, 11) is 1.66. The van der Waals surface area contributed by atoms with Crippen molar-refractivity contribution in [2.75, 3.05) is 18.5 Å². The maximum absolute atomic E-state index is 12.5. The number of aromatic nitrogens is 1. The van der Waals surface area contributed by atoms with Crippen LogP contribution in [0.25, 0.3) is 0 Å². The highest BCUT2D eigenvalue weighted by atomic mass is 79.9. The van der Waals surface area contributed by atoms with Crippen molar-refractivity contribution in [2.45, 2.75) is 12.8 Å². The first-order chi connectivity index (χ1) is 11.5. The zero-order valence-corrected chi connectivity index (χ0v) is 14.8. The molecule has 1 N–H and O–H groups in total. The summed E-state index contributed by atoms with van der Waals surface area (Å²) in [5.74, 6) is 0.0000907. The molecule has 4 rings (SSSR count). The lowest BCUT2D eigenvalue weighted by Gasteiger charge is -2.31. The van der Waals surface area contributed by atoms with Crippen LogP contribution in [0, 0.1) is 6.92 Å². The SMILES string of the molecule is Cc1ccc(C2C3=C(COCC3=O)Nc3c2c(=O)on3C)cc1Br. The van der Waals surface area contributed by atoms with Crippen LogP contribution in [0.2, 0.25) is 0 Å². The van der Waals surface area contributed by atoms with Crippen molar-refractivity contribution in [1.29, 1.82) is 0 Å². The van der Waals surface area contributed by atoms with E-state index >= 15 is 0 Å². The number of anilines is 1. The first-order valence-electron chi connectivity index (χ1n) is 7.54. The van der Waals surface area contributed by atoms with Crippen LogP contribution in [0.4, 0.5) is 5.82 Å². The summed E-state index contributed by atoms with van der Waals surface area (Å²) in [4.78, 5) is 24.9. The van der Waals surface area contributed by atoms with Crippen LogP contribution in [-0.2, 0) is 16.6 Å². The quantitative estimate of drug-likeness (QED) is 0.809. The highest BCUT2D eigenvalue weighted by Gasteiger charge is 2.39. The molecule has 0 radical (unpaired) electrons. The molecule has 1 aromatic heterocycles. The number of nitrogens with one attached hydrogen (secondary N) is 1. The predicted octanol–water partition coefficient (Wildman–Crippen LogP) is 2.46. The Balaban J connectivity index is 2.00. The third kappa shape index (κ3) is 2.19. The Kier molecular flexibility index (Phi) is 3.51. The molecule has 3 heterocycles. The number of aryl methyl sites for hydroxylation is 2. The molecule has 2 aromatic rings. The highest BCUT2D eigenvalue weighted by molar-refractivity contribution is 9.10. The number of Topliss-reactive ketones (excluding diaryl/α,β-unsaturated/α-hetero) is 1. The van der Waals surface area contributed by atoms with Crippen LogP contribution in [-0.4, -0.2) is 23.7 Å². The van der Waals surface area contributed by atoms with E-state index in [0.29, 0.717) is 29.3 Å². The lowest BCUT2D eigenvalue weighted by molar-refractivity contribution is -0.121. The molecule has 7 heteroatoms. The third-order valence-corrected chi connectivity index (χ3v) is 5.35. The third-order valence-electron chi connectivity index (χ3n) is 4.49. The van der Waals surface area contributed by atoms with Gasteiger partial charge in [-0.2, -0.15) is 4.74 Å². The average molecular weight is 391 g/mol. The van der Waals surface area contributed by atoms with Crippen LogP contribution in [0.5, 0.6) is 0 Å². The van der Waals surface area contributed by atoms with Gasteiger partial charge in [-0.25, -0.2) is 4.79 Å². The minimum atomic E-state index is -0.456. The molecule has 0 bridgehead atoms. The van der Waals surface area contributed by atoms with Crippen molar-refractivity contribution >= 4 is 27.5 Å². The summed E-state index contributed by atoms with van der Waals surface area (Å²) in [6, 6.07) is 5.87. The van der Waals surface area contributed by atoms with Gasteiger partial charge in [-0.3, -0.25) is 4.79 Å². The lowest BCUT2D eigenvalue weighted by Crippen LogP contribution is -2.34. The minimum absolute atomic E-state index is 0.0253. The van der Waals surface area contributed by atoms with Crippen LogP contribution in [0.15, 0.2) is 43.3 Å². The number of benzene rings is 1. The molecule has 2 aliphatic heterocycles. The van der Waals surface area contributed by atoms with E-state index in [-0.39, 0.29) is 12.4 Å². The number of carbonyl (C=O) groups is 1. The van der Waals surface area contributed by atoms with Gasteiger partial charge in [0.05, 0.1) is 23.8 Å². The second-order valence-corrected chi connectivity index (χ2v) is 6.87. The predicted molar refractivity (Wildman–Crippen MR) is 91.1 cm³/mol. The van der Waals surface area contributed by atoms with E-state index in [1.165, 1.54) is 4.74 Å². The van der Waals surface area contributed by atoms with Crippen molar-refractivity contribution in [3.05, 3.63) is 61.1 Å². The number of carbonyl (C=O) groups excluding carboxylic acids is 1. The molecule has 0 aliphatic carbocycles. The van der Waals surface area contributed by atoms with E-state index in [1.807, 2.05) is 25.1 Å². The van der Waals surface area contributed by atoms with Gasteiger partial charge in [0.2, 0.25) is 0 Å². The Morgan fingerprint density at radius 3 is 2.83 bits per heavy atom. The van der Waals surface area contributed by atoms with Gasteiger partial charge in [0.1, 0.15) is 6.61 Å². The summed E-state index contributed by atoms with van der Waals surface area (Å²) < 4.78 is 12.9. The molecule has 1 atom stereocenters. The molecule has 6 nitrogen and oxygen atoms in total. The first kappa shape index (κ1) is 15.4. The Morgan fingerprint density at radius 1 is 1.29 bits per heavy atom. The smallest absolute Gasteiger partial charge is 0.363 e. The average Bonchev–Trinajstić information content (AvgIpc) is 2.83. The fraction of sp³-hybridized carbons (Fsp3) is 0.294. The van der Waals surface area contributed by atoms with Crippen molar-refractivity contribution in [1.82, 2.24) is 4.74 Å². The number of ether oxygens (including phenoxy) is 1. The molecular weight excluding hydrogens is 376 g/mol. The molecule has 1 aromatic carbocycles. The van der Waals surface area contributed by atoms with Gasteiger partial charge in [0.15, 0.2) is 11.6 Å². The molecule has 24 heavy (non-hydrogen) atoms. The molecule has 1 unspecified atom stereocenters. The first-order valence-corrected chi connectivity index (χ1v) is 8.34. The van der Waals surface area contributed by atoms with Gasteiger partial charge in [-0.1, -0.05) is 28.1 Å². The van der Waals surface area contributed by atoms with E-state index in [1.54, 1.807) is 7.05 Å². The molecule has 0 fully saturated rings. The minimum Gasteiger partial charge on any atom is -0.367 e. The van der Waals surface area contributed by atoms with Crippen LogP contribution < -0.4 is 10.9 Å². The number of fused-ring (bicyclic) bond motifs is 1. The van der Waals surface area contributed by atoms with Gasteiger partial charge in [0.25, 0.3) is 0 Å². The van der Waals surface area contributed by atoms with Gasteiger partial charge in [-0.15, -0.1) is 0 Å². The lowest BCUT2D eigenvalue weighted by atomic mass is 9.80. The maximum Gasteiger partial charge on any atom is 0.363 e. The van der Waals surface area contributed by atoms with Gasteiger partial charge < -0.3 is 14.6 Å². The largest absolute Gasteiger partial charge is 0.367 e. The van der Waals surface area contributed by atoms with E-state index in [2.05, 4.69) is 21.2 Å². The van der Waals surface area contributed by atoms with Crippen molar-refractivity contribution in [2.24, 2.45) is 7.05 Å². The number of hydrogen-bond acceptors (Lipinski definition) is 5. The molecule has 124 valence electrons. The summed E-state index contributed by atoms with van der Waals surface area (Å²) in [6.45, 7) is 2.32.